The standard InChI is InChI=1S/C16H23NO/c18-15-9-7-13(8-10-15)12-17-11-3-5-14-4-1-2-6-16(14)17/h7-10,14,16,18H,1-6,11-12H2/p+1/t14-,16-/m0/s1. The lowest BCUT2D eigenvalue weighted by atomic mass is 9.78. The Morgan fingerprint density at radius 1 is 1.00 bits per heavy atom. The number of rotatable bonds is 2. The number of benzene rings is 1. The van der Waals surface area contributed by atoms with E-state index in [0.29, 0.717) is 5.75 Å². The predicted molar refractivity (Wildman–Crippen MR) is 72.6 cm³/mol. The van der Waals surface area contributed by atoms with Crippen molar-refractivity contribution in [1.82, 2.24) is 0 Å². The van der Waals surface area contributed by atoms with Crippen molar-refractivity contribution in [2.24, 2.45) is 5.92 Å². The van der Waals surface area contributed by atoms with Crippen molar-refractivity contribution < 1.29 is 10.0 Å². The van der Waals surface area contributed by atoms with E-state index in [2.05, 4.69) is 12.1 Å². The van der Waals surface area contributed by atoms with E-state index in [1.54, 1.807) is 4.90 Å². The summed E-state index contributed by atoms with van der Waals surface area (Å²) in [6.45, 7) is 2.48. The van der Waals surface area contributed by atoms with Gasteiger partial charge in [0, 0.05) is 11.5 Å². The fraction of sp³-hybridized carbons (Fsp3) is 0.625. The zero-order valence-electron chi connectivity index (χ0n) is 11.1. The molecule has 98 valence electrons. The van der Waals surface area contributed by atoms with Crippen LogP contribution in [0.3, 0.4) is 0 Å². The summed E-state index contributed by atoms with van der Waals surface area (Å²) in [5.41, 5.74) is 1.37. The van der Waals surface area contributed by atoms with Crippen molar-refractivity contribution >= 4 is 0 Å². The maximum atomic E-state index is 9.34. The highest BCUT2D eigenvalue weighted by molar-refractivity contribution is 5.25. The third kappa shape index (κ3) is 2.54. The lowest BCUT2D eigenvalue weighted by Crippen LogP contribution is -3.16. The molecule has 3 rings (SSSR count). The van der Waals surface area contributed by atoms with Gasteiger partial charge in [0.2, 0.25) is 0 Å². The molecule has 2 heteroatoms. The van der Waals surface area contributed by atoms with Crippen LogP contribution in [0.2, 0.25) is 0 Å². The molecule has 0 aromatic heterocycles. The maximum Gasteiger partial charge on any atom is 0.115 e. The molecule has 0 spiro atoms. The van der Waals surface area contributed by atoms with Crippen LogP contribution >= 0.6 is 0 Å². The fourth-order valence-corrected chi connectivity index (χ4v) is 3.96. The summed E-state index contributed by atoms with van der Waals surface area (Å²) in [4.78, 5) is 1.79. The van der Waals surface area contributed by atoms with Crippen LogP contribution in [0.5, 0.6) is 5.75 Å². The molecule has 1 aromatic carbocycles. The minimum Gasteiger partial charge on any atom is -0.508 e. The van der Waals surface area contributed by atoms with Crippen LogP contribution in [-0.2, 0) is 6.54 Å². The first-order valence-corrected chi connectivity index (χ1v) is 7.45. The molecule has 2 nitrogen and oxygen atoms in total. The Morgan fingerprint density at radius 2 is 1.72 bits per heavy atom. The second-order valence-corrected chi connectivity index (χ2v) is 6.04. The van der Waals surface area contributed by atoms with Crippen LogP contribution in [0, 0.1) is 5.92 Å². The minimum absolute atomic E-state index is 0.378. The van der Waals surface area contributed by atoms with E-state index in [1.165, 1.54) is 50.6 Å². The molecule has 1 saturated carbocycles. The summed E-state index contributed by atoms with van der Waals surface area (Å²) in [5, 5.41) is 9.34. The third-order valence-electron chi connectivity index (χ3n) is 4.87. The van der Waals surface area contributed by atoms with Gasteiger partial charge in [0.25, 0.3) is 0 Å². The van der Waals surface area contributed by atoms with Crippen LogP contribution < -0.4 is 4.90 Å². The summed E-state index contributed by atoms with van der Waals surface area (Å²) in [7, 11) is 0. The van der Waals surface area contributed by atoms with Gasteiger partial charge in [0.1, 0.15) is 12.3 Å². The summed E-state index contributed by atoms with van der Waals surface area (Å²) in [6, 6.07) is 8.69. The molecule has 18 heavy (non-hydrogen) atoms. The van der Waals surface area contributed by atoms with E-state index in [0.717, 1.165) is 18.5 Å². The number of phenolic OH excluding ortho intramolecular Hbond substituents is 1. The molecule has 1 saturated heterocycles. The number of piperidine rings is 1. The Hall–Kier alpha value is -1.02. The molecule has 0 amide bonds. The number of nitrogens with one attached hydrogen (secondary N) is 1. The SMILES string of the molecule is Oc1ccc(C[NH+]2CCC[C@@H]3CCCC[C@@H]32)cc1. The molecule has 1 unspecified atom stereocenters. The fourth-order valence-electron chi connectivity index (χ4n) is 3.96. The normalized spacial score (nSPS) is 31.9. The van der Waals surface area contributed by atoms with Crippen LogP contribution in [-0.4, -0.2) is 17.7 Å². The Labute approximate surface area is 110 Å². The van der Waals surface area contributed by atoms with Crippen LogP contribution in [0.1, 0.15) is 44.1 Å². The molecule has 0 bridgehead atoms. The van der Waals surface area contributed by atoms with E-state index >= 15 is 0 Å². The quantitative estimate of drug-likeness (QED) is 0.821. The van der Waals surface area contributed by atoms with E-state index in [1.807, 2.05) is 12.1 Å². The van der Waals surface area contributed by atoms with Gasteiger partial charge in [-0.2, -0.15) is 0 Å². The molecule has 1 aromatic rings. The first-order valence-electron chi connectivity index (χ1n) is 7.45. The number of quaternary nitrogens is 1. The number of aromatic hydroxyl groups is 1. The average Bonchev–Trinajstić information content (AvgIpc) is 2.42. The highest BCUT2D eigenvalue weighted by Crippen LogP contribution is 2.28. The topological polar surface area (TPSA) is 24.7 Å². The smallest absolute Gasteiger partial charge is 0.115 e. The molecule has 2 fully saturated rings. The summed E-state index contributed by atoms with van der Waals surface area (Å²) in [6.07, 6.45) is 8.63. The van der Waals surface area contributed by atoms with Crippen LogP contribution in [0.25, 0.3) is 0 Å². The molecule has 3 atom stereocenters. The Kier molecular flexibility index (Phi) is 3.55. The van der Waals surface area contributed by atoms with E-state index in [9.17, 15) is 5.11 Å². The molecular weight excluding hydrogens is 222 g/mol. The molecule has 0 radical (unpaired) electrons. The monoisotopic (exact) mass is 246 g/mol. The Morgan fingerprint density at radius 3 is 2.56 bits per heavy atom. The van der Waals surface area contributed by atoms with Crippen molar-refractivity contribution in [2.75, 3.05) is 6.54 Å². The zero-order valence-corrected chi connectivity index (χ0v) is 11.1. The van der Waals surface area contributed by atoms with Gasteiger partial charge in [0.15, 0.2) is 0 Å². The highest BCUT2D eigenvalue weighted by Gasteiger charge is 2.36. The molecule has 1 aliphatic carbocycles. The molecule has 1 aliphatic heterocycles. The third-order valence-corrected chi connectivity index (χ3v) is 4.87. The Balaban J connectivity index is 1.69. The van der Waals surface area contributed by atoms with Gasteiger partial charge in [-0.25, -0.2) is 0 Å². The molecular formula is C16H24NO+. The van der Waals surface area contributed by atoms with E-state index in [4.69, 9.17) is 0 Å². The summed E-state index contributed by atoms with van der Waals surface area (Å²) in [5.74, 6) is 1.36. The molecule has 2 aliphatic rings. The molecule has 1 heterocycles. The lowest BCUT2D eigenvalue weighted by Gasteiger charge is -2.41. The van der Waals surface area contributed by atoms with Crippen LogP contribution in [0.4, 0.5) is 0 Å². The van der Waals surface area contributed by atoms with Gasteiger partial charge in [0.05, 0.1) is 12.6 Å². The summed E-state index contributed by atoms with van der Waals surface area (Å²) >= 11 is 0. The van der Waals surface area contributed by atoms with Crippen molar-refractivity contribution in [3.8, 4) is 5.75 Å². The average molecular weight is 246 g/mol. The Bertz CT molecular complexity index is 385. The second-order valence-electron chi connectivity index (χ2n) is 6.04. The minimum atomic E-state index is 0.378. The number of phenols is 1. The van der Waals surface area contributed by atoms with Gasteiger partial charge in [-0.3, -0.25) is 0 Å². The van der Waals surface area contributed by atoms with Gasteiger partial charge in [-0.1, -0.05) is 6.42 Å². The predicted octanol–water partition coefficient (Wildman–Crippen LogP) is 2.13. The van der Waals surface area contributed by atoms with Gasteiger partial charge in [-0.05, 0) is 56.4 Å². The highest BCUT2D eigenvalue weighted by atomic mass is 16.3. The van der Waals surface area contributed by atoms with Gasteiger partial charge >= 0.3 is 0 Å². The maximum absolute atomic E-state index is 9.34. The lowest BCUT2D eigenvalue weighted by molar-refractivity contribution is -0.949. The first kappa shape index (κ1) is 12.0. The first-order chi connectivity index (χ1) is 8.83. The molecule has 2 N–H and O–H groups in total. The van der Waals surface area contributed by atoms with Gasteiger partial charge < -0.3 is 10.0 Å². The van der Waals surface area contributed by atoms with E-state index in [-0.39, 0.29) is 0 Å². The van der Waals surface area contributed by atoms with Crippen molar-refractivity contribution in [3.05, 3.63) is 29.8 Å². The summed E-state index contributed by atoms with van der Waals surface area (Å²) < 4.78 is 0. The number of hydrogen-bond donors (Lipinski definition) is 2. The van der Waals surface area contributed by atoms with E-state index < -0.39 is 0 Å². The van der Waals surface area contributed by atoms with Crippen molar-refractivity contribution in [3.63, 3.8) is 0 Å². The van der Waals surface area contributed by atoms with Crippen molar-refractivity contribution in [1.29, 1.82) is 0 Å². The second kappa shape index (κ2) is 5.31. The number of fused-ring (bicyclic) bond motifs is 1. The van der Waals surface area contributed by atoms with Gasteiger partial charge in [-0.15, -0.1) is 0 Å². The number of likely N-dealkylation sites (tertiary alicyclic amines) is 1. The number of hydrogen-bond acceptors (Lipinski definition) is 1. The van der Waals surface area contributed by atoms with Crippen LogP contribution in [0.15, 0.2) is 24.3 Å². The largest absolute Gasteiger partial charge is 0.508 e. The van der Waals surface area contributed by atoms with Crippen molar-refractivity contribution in [2.45, 2.75) is 51.1 Å². The zero-order chi connectivity index (χ0) is 12.4.